The van der Waals surface area contributed by atoms with E-state index in [0.717, 1.165) is 37.0 Å². The average Bonchev–Trinajstić information content (AvgIpc) is 2.59. The first-order valence-electron chi connectivity index (χ1n) is 6.20. The predicted octanol–water partition coefficient (Wildman–Crippen LogP) is 1.25. The second-order valence-electron chi connectivity index (χ2n) is 4.87. The van der Waals surface area contributed by atoms with Crippen LogP contribution in [0, 0.1) is 0 Å². The number of rotatable bonds is 5. The van der Waals surface area contributed by atoms with Crippen LogP contribution in [-0.4, -0.2) is 35.1 Å². The van der Waals surface area contributed by atoms with E-state index in [-0.39, 0.29) is 5.69 Å². The van der Waals surface area contributed by atoms with Gasteiger partial charge in [0.2, 0.25) is 0 Å². The first-order chi connectivity index (χ1) is 8.58. The minimum absolute atomic E-state index is 0.0551. The lowest BCUT2D eigenvalue weighted by molar-refractivity contribution is 0.388. The van der Waals surface area contributed by atoms with E-state index in [4.69, 9.17) is 5.73 Å². The van der Waals surface area contributed by atoms with Crippen molar-refractivity contribution in [3.05, 3.63) is 28.7 Å². The molecule has 0 radical (unpaired) electrons. The van der Waals surface area contributed by atoms with Gasteiger partial charge in [0.05, 0.1) is 11.0 Å². The second kappa shape index (κ2) is 5.27. The molecule has 18 heavy (non-hydrogen) atoms. The molecule has 0 saturated heterocycles. The Labute approximate surface area is 106 Å². The lowest BCUT2D eigenvalue weighted by atomic mass is 10.2. The highest BCUT2D eigenvalue weighted by Crippen LogP contribution is 2.14. The van der Waals surface area contributed by atoms with Gasteiger partial charge in [-0.3, -0.25) is 4.57 Å². The van der Waals surface area contributed by atoms with E-state index in [2.05, 4.69) is 24.0 Å². The SMILES string of the molecule is CN(C)CCCCn1c(=O)[nH]c2cc(N)ccc21. The highest BCUT2D eigenvalue weighted by molar-refractivity contribution is 5.78. The van der Waals surface area contributed by atoms with Crippen molar-refractivity contribution >= 4 is 16.7 Å². The molecule has 3 N–H and O–H groups in total. The summed E-state index contributed by atoms with van der Waals surface area (Å²) >= 11 is 0. The summed E-state index contributed by atoms with van der Waals surface area (Å²) in [5.41, 5.74) is 8.06. The Kier molecular flexibility index (Phi) is 3.72. The molecule has 0 amide bonds. The molecule has 0 saturated carbocycles. The first-order valence-corrected chi connectivity index (χ1v) is 6.20. The molecule has 1 heterocycles. The molecule has 2 aromatic rings. The Morgan fingerprint density at radius 3 is 2.83 bits per heavy atom. The summed E-state index contributed by atoms with van der Waals surface area (Å²) in [6.45, 7) is 1.79. The third kappa shape index (κ3) is 2.73. The van der Waals surface area contributed by atoms with E-state index in [1.54, 1.807) is 10.6 Å². The van der Waals surface area contributed by atoms with Gasteiger partial charge < -0.3 is 15.6 Å². The fraction of sp³-hybridized carbons (Fsp3) is 0.462. The number of hydrogen-bond donors (Lipinski definition) is 2. The van der Waals surface area contributed by atoms with Crippen molar-refractivity contribution in [3.8, 4) is 0 Å². The van der Waals surface area contributed by atoms with Crippen LogP contribution in [-0.2, 0) is 6.54 Å². The molecule has 0 aliphatic rings. The molecule has 5 nitrogen and oxygen atoms in total. The molecule has 98 valence electrons. The van der Waals surface area contributed by atoms with Crippen molar-refractivity contribution in [2.45, 2.75) is 19.4 Å². The van der Waals surface area contributed by atoms with Gasteiger partial charge in [0.15, 0.2) is 0 Å². The van der Waals surface area contributed by atoms with E-state index >= 15 is 0 Å². The Morgan fingerprint density at radius 2 is 2.11 bits per heavy atom. The van der Waals surface area contributed by atoms with Gasteiger partial charge in [-0.25, -0.2) is 4.79 Å². The lowest BCUT2D eigenvalue weighted by Crippen LogP contribution is -2.18. The van der Waals surface area contributed by atoms with E-state index < -0.39 is 0 Å². The van der Waals surface area contributed by atoms with E-state index in [1.165, 1.54) is 0 Å². The van der Waals surface area contributed by atoms with Crippen molar-refractivity contribution in [2.75, 3.05) is 26.4 Å². The fourth-order valence-electron chi connectivity index (χ4n) is 2.10. The number of nitrogens with two attached hydrogens (primary N) is 1. The molecule has 1 aromatic carbocycles. The zero-order valence-electron chi connectivity index (χ0n) is 10.9. The number of H-pyrrole nitrogens is 1. The number of anilines is 1. The number of hydrogen-bond acceptors (Lipinski definition) is 3. The number of aromatic nitrogens is 2. The van der Waals surface area contributed by atoms with Gasteiger partial charge >= 0.3 is 5.69 Å². The van der Waals surface area contributed by atoms with E-state index in [9.17, 15) is 4.79 Å². The molecule has 0 aliphatic carbocycles. The Hall–Kier alpha value is -1.75. The molecule has 2 rings (SSSR count). The number of nitrogen functional groups attached to an aromatic ring is 1. The van der Waals surface area contributed by atoms with Crippen molar-refractivity contribution in [3.63, 3.8) is 0 Å². The van der Waals surface area contributed by atoms with Crippen LogP contribution in [0.1, 0.15) is 12.8 Å². The van der Waals surface area contributed by atoms with E-state index in [1.807, 2.05) is 12.1 Å². The van der Waals surface area contributed by atoms with Gasteiger partial charge in [0, 0.05) is 12.2 Å². The largest absolute Gasteiger partial charge is 0.399 e. The Balaban J connectivity index is 2.13. The van der Waals surface area contributed by atoms with Crippen LogP contribution in [0.3, 0.4) is 0 Å². The Bertz CT molecular complexity index is 582. The van der Waals surface area contributed by atoms with Gasteiger partial charge in [0.25, 0.3) is 0 Å². The maximum atomic E-state index is 11.8. The fourth-order valence-corrected chi connectivity index (χ4v) is 2.10. The quantitative estimate of drug-likeness (QED) is 0.618. The monoisotopic (exact) mass is 248 g/mol. The molecular formula is C13H20N4O. The topological polar surface area (TPSA) is 67.0 Å². The molecule has 0 atom stereocenters. The number of fused-ring (bicyclic) bond motifs is 1. The summed E-state index contributed by atoms with van der Waals surface area (Å²) in [6, 6.07) is 5.52. The third-order valence-electron chi connectivity index (χ3n) is 3.04. The molecule has 0 bridgehead atoms. The number of nitrogens with zero attached hydrogens (tertiary/aromatic N) is 2. The minimum atomic E-state index is -0.0551. The van der Waals surface area contributed by atoms with Crippen LogP contribution >= 0.6 is 0 Å². The minimum Gasteiger partial charge on any atom is -0.399 e. The summed E-state index contributed by atoms with van der Waals surface area (Å²) < 4.78 is 1.78. The van der Waals surface area contributed by atoms with Gasteiger partial charge in [-0.2, -0.15) is 0 Å². The smallest absolute Gasteiger partial charge is 0.326 e. The molecule has 0 fully saturated rings. The molecular weight excluding hydrogens is 228 g/mol. The van der Waals surface area contributed by atoms with Crippen LogP contribution < -0.4 is 11.4 Å². The molecule has 0 aliphatic heterocycles. The zero-order chi connectivity index (χ0) is 13.1. The summed E-state index contributed by atoms with van der Waals surface area (Å²) in [7, 11) is 4.11. The summed E-state index contributed by atoms with van der Waals surface area (Å²) in [6.07, 6.45) is 2.08. The second-order valence-corrected chi connectivity index (χ2v) is 4.87. The number of aryl methyl sites for hydroxylation is 1. The number of aromatic amines is 1. The standard InChI is InChI=1S/C13H20N4O/c1-16(2)7-3-4-8-17-12-6-5-10(14)9-11(12)15-13(17)18/h5-6,9H,3-4,7-8,14H2,1-2H3,(H,15,18). The van der Waals surface area contributed by atoms with Crippen molar-refractivity contribution < 1.29 is 0 Å². The third-order valence-corrected chi connectivity index (χ3v) is 3.04. The molecule has 1 aromatic heterocycles. The number of nitrogens with one attached hydrogen (secondary N) is 1. The number of imidazole rings is 1. The van der Waals surface area contributed by atoms with Gasteiger partial charge in [0.1, 0.15) is 0 Å². The lowest BCUT2D eigenvalue weighted by Gasteiger charge is -2.09. The first kappa shape index (κ1) is 12.7. The van der Waals surface area contributed by atoms with Gasteiger partial charge in [-0.1, -0.05) is 0 Å². The van der Waals surface area contributed by atoms with Crippen LogP contribution in [0.5, 0.6) is 0 Å². The zero-order valence-corrected chi connectivity index (χ0v) is 10.9. The number of unbranched alkanes of at least 4 members (excludes halogenated alkanes) is 1. The summed E-state index contributed by atoms with van der Waals surface area (Å²) in [5.74, 6) is 0. The molecule has 0 spiro atoms. The van der Waals surface area contributed by atoms with Gasteiger partial charge in [-0.05, 0) is 51.7 Å². The van der Waals surface area contributed by atoms with Gasteiger partial charge in [-0.15, -0.1) is 0 Å². The summed E-state index contributed by atoms with van der Waals surface area (Å²) in [5, 5.41) is 0. The van der Waals surface area contributed by atoms with Crippen molar-refractivity contribution in [1.82, 2.24) is 14.5 Å². The van der Waals surface area contributed by atoms with Crippen LogP contribution in [0.2, 0.25) is 0 Å². The maximum absolute atomic E-state index is 11.8. The van der Waals surface area contributed by atoms with Crippen LogP contribution in [0.25, 0.3) is 11.0 Å². The van der Waals surface area contributed by atoms with Crippen molar-refractivity contribution in [2.24, 2.45) is 0 Å². The normalized spacial score (nSPS) is 11.5. The molecule has 5 heteroatoms. The Morgan fingerprint density at radius 1 is 1.33 bits per heavy atom. The van der Waals surface area contributed by atoms with Crippen LogP contribution in [0.15, 0.2) is 23.0 Å². The maximum Gasteiger partial charge on any atom is 0.326 e. The van der Waals surface area contributed by atoms with E-state index in [0.29, 0.717) is 5.69 Å². The number of benzene rings is 1. The predicted molar refractivity (Wildman–Crippen MR) is 74.8 cm³/mol. The van der Waals surface area contributed by atoms with Crippen LogP contribution in [0.4, 0.5) is 5.69 Å². The highest BCUT2D eigenvalue weighted by atomic mass is 16.1. The highest BCUT2D eigenvalue weighted by Gasteiger charge is 2.06. The van der Waals surface area contributed by atoms with Crippen molar-refractivity contribution in [1.29, 1.82) is 0 Å². The molecule has 0 unspecified atom stereocenters. The average molecular weight is 248 g/mol. The summed E-state index contributed by atoms with van der Waals surface area (Å²) in [4.78, 5) is 16.8.